The summed E-state index contributed by atoms with van der Waals surface area (Å²) in [4.78, 5) is 46.2. The third-order valence-corrected chi connectivity index (χ3v) is 4.82. The number of aromatic nitrogens is 2. The summed E-state index contributed by atoms with van der Waals surface area (Å²) in [5, 5.41) is 2.35. The van der Waals surface area contributed by atoms with Crippen LogP contribution in [0.25, 0.3) is 0 Å². The van der Waals surface area contributed by atoms with E-state index < -0.39 is 5.60 Å². The molecule has 27 heavy (non-hydrogen) atoms. The number of hydrogen-bond acceptors (Lipinski definition) is 7. The van der Waals surface area contributed by atoms with Crippen molar-refractivity contribution in [1.29, 1.82) is 0 Å². The fourth-order valence-corrected chi connectivity index (χ4v) is 3.39. The van der Waals surface area contributed by atoms with Gasteiger partial charge in [0.15, 0.2) is 0 Å². The van der Waals surface area contributed by atoms with Crippen molar-refractivity contribution in [2.75, 3.05) is 18.0 Å². The Labute approximate surface area is 158 Å². The molecule has 2 saturated heterocycles. The zero-order valence-electron chi connectivity index (χ0n) is 16.0. The number of ether oxygens (including phenoxy) is 1. The predicted molar refractivity (Wildman–Crippen MR) is 97.9 cm³/mol. The number of nitrogens with one attached hydrogen (secondary N) is 1. The van der Waals surface area contributed by atoms with Crippen LogP contribution in [0.1, 0.15) is 57.9 Å². The van der Waals surface area contributed by atoms with Crippen molar-refractivity contribution in [2.24, 2.45) is 5.92 Å². The molecule has 1 N–H and O–H groups in total. The van der Waals surface area contributed by atoms with E-state index in [1.807, 2.05) is 25.7 Å². The molecule has 2 aliphatic heterocycles. The molecule has 0 bridgehead atoms. The minimum absolute atomic E-state index is 0.0942. The summed E-state index contributed by atoms with van der Waals surface area (Å²) in [5.74, 6) is -0.551. The summed E-state index contributed by atoms with van der Waals surface area (Å²) in [6.07, 6.45) is 5.52. The van der Waals surface area contributed by atoms with E-state index in [1.54, 1.807) is 12.4 Å². The SMILES string of the molecule is CC(C)(C)OC(=O)C1CCN(c2ncc(C3CCC(=O)NC3=O)cn2)CC1. The van der Waals surface area contributed by atoms with Gasteiger partial charge >= 0.3 is 5.97 Å². The van der Waals surface area contributed by atoms with Crippen molar-refractivity contribution >= 4 is 23.7 Å². The number of rotatable bonds is 3. The average molecular weight is 374 g/mol. The van der Waals surface area contributed by atoms with Crippen LogP contribution in [0.5, 0.6) is 0 Å². The van der Waals surface area contributed by atoms with Crippen LogP contribution in [0.2, 0.25) is 0 Å². The number of esters is 1. The highest BCUT2D eigenvalue weighted by Gasteiger charge is 2.31. The van der Waals surface area contributed by atoms with Crippen LogP contribution in [-0.4, -0.2) is 46.4 Å². The second-order valence-electron chi connectivity index (χ2n) is 8.11. The van der Waals surface area contributed by atoms with E-state index in [4.69, 9.17) is 4.74 Å². The van der Waals surface area contributed by atoms with Crippen molar-refractivity contribution in [3.05, 3.63) is 18.0 Å². The van der Waals surface area contributed by atoms with Crippen LogP contribution in [0.4, 0.5) is 5.95 Å². The largest absolute Gasteiger partial charge is 0.460 e. The van der Waals surface area contributed by atoms with Gasteiger partial charge in [-0.1, -0.05) is 0 Å². The quantitative estimate of drug-likeness (QED) is 0.633. The summed E-state index contributed by atoms with van der Waals surface area (Å²) < 4.78 is 5.47. The lowest BCUT2D eigenvalue weighted by atomic mass is 9.92. The molecule has 146 valence electrons. The lowest BCUT2D eigenvalue weighted by molar-refractivity contribution is -0.160. The molecule has 2 amide bonds. The van der Waals surface area contributed by atoms with Crippen molar-refractivity contribution in [3.8, 4) is 0 Å². The van der Waals surface area contributed by atoms with Crippen LogP contribution in [0, 0.1) is 5.92 Å². The first-order chi connectivity index (χ1) is 12.7. The molecule has 0 radical (unpaired) electrons. The van der Waals surface area contributed by atoms with E-state index in [9.17, 15) is 14.4 Å². The summed E-state index contributed by atoms with van der Waals surface area (Å²) in [6.45, 7) is 6.98. The molecule has 1 aromatic heterocycles. The maximum atomic E-state index is 12.2. The maximum Gasteiger partial charge on any atom is 0.309 e. The molecule has 0 spiro atoms. The Morgan fingerprint density at radius 1 is 1.15 bits per heavy atom. The first kappa shape index (κ1) is 19.3. The summed E-state index contributed by atoms with van der Waals surface area (Å²) in [5.41, 5.74) is 0.246. The van der Waals surface area contributed by atoms with Gasteiger partial charge in [0.1, 0.15) is 5.60 Å². The molecule has 1 aromatic rings. The van der Waals surface area contributed by atoms with E-state index in [1.165, 1.54) is 0 Å². The Bertz CT molecular complexity index is 718. The third kappa shape index (κ3) is 4.81. The highest BCUT2D eigenvalue weighted by molar-refractivity contribution is 6.00. The van der Waals surface area contributed by atoms with E-state index in [-0.39, 0.29) is 29.6 Å². The lowest BCUT2D eigenvalue weighted by Gasteiger charge is -2.32. The molecule has 2 fully saturated rings. The molecule has 1 unspecified atom stereocenters. The Morgan fingerprint density at radius 3 is 2.33 bits per heavy atom. The molecule has 8 heteroatoms. The zero-order valence-corrected chi connectivity index (χ0v) is 16.0. The molecule has 0 aliphatic carbocycles. The first-order valence-corrected chi connectivity index (χ1v) is 9.36. The Kier molecular flexibility index (Phi) is 5.43. The van der Waals surface area contributed by atoms with Gasteiger partial charge in [-0.15, -0.1) is 0 Å². The second-order valence-corrected chi connectivity index (χ2v) is 8.11. The minimum Gasteiger partial charge on any atom is -0.460 e. The summed E-state index contributed by atoms with van der Waals surface area (Å²) in [7, 11) is 0. The summed E-state index contributed by atoms with van der Waals surface area (Å²) in [6, 6.07) is 0. The second kappa shape index (κ2) is 7.62. The van der Waals surface area contributed by atoms with Gasteiger partial charge in [-0.2, -0.15) is 0 Å². The molecule has 0 aromatic carbocycles. The van der Waals surface area contributed by atoms with Gasteiger partial charge < -0.3 is 9.64 Å². The van der Waals surface area contributed by atoms with Gasteiger partial charge in [0.2, 0.25) is 17.8 Å². The smallest absolute Gasteiger partial charge is 0.309 e. The molecule has 1 atom stereocenters. The van der Waals surface area contributed by atoms with Crippen molar-refractivity contribution in [3.63, 3.8) is 0 Å². The molecule has 3 rings (SSSR count). The highest BCUT2D eigenvalue weighted by Crippen LogP contribution is 2.26. The predicted octanol–water partition coefficient (Wildman–Crippen LogP) is 1.55. The molecular formula is C19H26N4O4. The van der Waals surface area contributed by atoms with Crippen molar-refractivity contribution in [2.45, 2.75) is 58.0 Å². The number of nitrogens with zero attached hydrogens (tertiary/aromatic N) is 3. The Hall–Kier alpha value is -2.51. The van der Waals surface area contributed by atoms with Gasteiger partial charge in [-0.25, -0.2) is 9.97 Å². The fourth-order valence-electron chi connectivity index (χ4n) is 3.39. The number of imide groups is 1. The Balaban J connectivity index is 1.57. The van der Waals surface area contributed by atoms with Gasteiger partial charge in [0.25, 0.3) is 0 Å². The molecular weight excluding hydrogens is 348 g/mol. The molecule has 3 heterocycles. The third-order valence-electron chi connectivity index (χ3n) is 4.82. The molecule has 8 nitrogen and oxygen atoms in total. The first-order valence-electron chi connectivity index (χ1n) is 9.36. The maximum absolute atomic E-state index is 12.2. The van der Waals surface area contributed by atoms with Crippen LogP contribution in [0.15, 0.2) is 12.4 Å². The minimum atomic E-state index is -0.469. The van der Waals surface area contributed by atoms with Crippen molar-refractivity contribution < 1.29 is 19.1 Å². The van der Waals surface area contributed by atoms with Crippen LogP contribution in [-0.2, 0) is 19.1 Å². The van der Waals surface area contributed by atoms with Crippen LogP contribution in [0.3, 0.4) is 0 Å². The van der Waals surface area contributed by atoms with Gasteiger partial charge in [-0.3, -0.25) is 19.7 Å². The van der Waals surface area contributed by atoms with Crippen LogP contribution >= 0.6 is 0 Å². The van der Waals surface area contributed by atoms with Crippen molar-refractivity contribution in [1.82, 2.24) is 15.3 Å². The Morgan fingerprint density at radius 2 is 1.78 bits per heavy atom. The number of carbonyl (C=O) groups excluding carboxylic acids is 3. The topological polar surface area (TPSA) is 101 Å². The van der Waals surface area contributed by atoms with Gasteiger partial charge in [-0.05, 0) is 40.0 Å². The lowest BCUT2D eigenvalue weighted by Crippen LogP contribution is -2.40. The number of hydrogen-bond donors (Lipinski definition) is 1. The van der Waals surface area contributed by atoms with E-state index >= 15 is 0 Å². The fraction of sp³-hybridized carbons (Fsp3) is 0.632. The van der Waals surface area contributed by atoms with Gasteiger partial charge in [0.05, 0.1) is 11.8 Å². The normalized spacial score (nSPS) is 21.7. The van der Waals surface area contributed by atoms with E-state index in [0.717, 1.165) is 0 Å². The number of piperidine rings is 2. The molecule has 2 aliphatic rings. The highest BCUT2D eigenvalue weighted by atomic mass is 16.6. The van der Waals surface area contributed by atoms with E-state index in [2.05, 4.69) is 15.3 Å². The van der Waals surface area contributed by atoms with Gasteiger partial charge in [0, 0.05) is 37.5 Å². The monoisotopic (exact) mass is 374 g/mol. The number of carbonyl (C=O) groups is 3. The van der Waals surface area contributed by atoms with E-state index in [0.29, 0.717) is 50.3 Å². The number of anilines is 1. The standard InChI is InChI=1S/C19H26N4O4/c1-19(2,3)27-17(26)12-6-8-23(9-7-12)18-20-10-13(11-21-18)14-4-5-15(24)22-16(14)25/h10-12,14H,4-9H2,1-3H3,(H,22,24,25). The average Bonchev–Trinajstić information content (AvgIpc) is 2.61. The number of amides is 2. The van der Waals surface area contributed by atoms with Crippen LogP contribution < -0.4 is 10.2 Å². The zero-order chi connectivity index (χ0) is 19.6. The summed E-state index contributed by atoms with van der Waals surface area (Å²) >= 11 is 0. The molecule has 0 saturated carbocycles.